The Morgan fingerprint density at radius 1 is 1.03 bits per heavy atom. The maximum Gasteiger partial charge on any atom is 0.255 e. The van der Waals surface area contributed by atoms with Gasteiger partial charge in [0.2, 0.25) is 5.91 Å². The molecule has 0 atom stereocenters. The molecule has 0 radical (unpaired) electrons. The number of amides is 1. The van der Waals surface area contributed by atoms with Gasteiger partial charge in [0.25, 0.3) is 5.56 Å². The van der Waals surface area contributed by atoms with Crippen molar-refractivity contribution in [2.24, 2.45) is 7.05 Å². The highest BCUT2D eigenvalue weighted by Crippen LogP contribution is 2.26. The summed E-state index contributed by atoms with van der Waals surface area (Å²) in [4.78, 5) is 30.4. The van der Waals surface area contributed by atoms with Crippen LogP contribution in [0, 0.1) is 20.8 Å². The molecule has 1 aliphatic heterocycles. The second-order valence-corrected chi connectivity index (χ2v) is 8.81. The summed E-state index contributed by atoms with van der Waals surface area (Å²) in [5.41, 5.74) is 5.38. The van der Waals surface area contributed by atoms with Gasteiger partial charge in [-0.05, 0) is 51.4 Å². The van der Waals surface area contributed by atoms with Gasteiger partial charge in [0.15, 0.2) is 0 Å². The summed E-state index contributed by atoms with van der Waals surface area (Å²) in [6, 6.07) is 8.13. The first kappa shape index (κ1) is 22.3. The predicted molar refractivity (Wildman–Crippen MR) is 128 cm³/mol. The Morgan fingerprint density at radius 2 is 1.69 bits per heavy atom. The molecule has 32 heavy (non-hydrogen) atoms. The molecule has 4 rings (SSSR count). The number of aryl methyl sites for hydroxylation is 4. The first-order valence-corrected chi connectivity index (χ1v) is 11.5. The molecule has 1 amide bonds. The second kappa shape index (κ2) is 8.90. The van der Waals surface area contributed by atoms with E-state index in [1.807, 2.05) is 54.6 Å². The van der Waals surface area contributed by atoms with Gasteiger partial charge in [-0.1, -0.05) is 24.6 Å². The smallest absolute Gasteiger partial charge is 0.255 e. The number of benzene rings is 1. The first-order valence-electron chi connectivity index (χ1n) is 11.5. The topological polar surface area (TPSA) is 63.4 Å². The molecule has 0 N–H and O–H groups in total. The van der Waals surface area contributed by atoms with Crippen LogP contribution >= 0.6 is 0 Å². The highest BCUT2D eigenvalue weighted by Gasteiger charge is 2.23. The van der Waals surface area contributed by atoms with E-state index < -0.39 is 0 Å². The Bertz CT molecular complexity index is 1200. The summed E-state index contributed by atoms with van der Waals surface area (Å²) in [6.07, 6.45) is 0.815. The fraction of sp³-hybridized carbons (Fsp3) is 0.480. The standard InChI is InChI=1S/C25H33N5O2/c1-6-28-13-15-29(16-14-28)22(31)12-11-21-18(3)23-19(4)26-30(24(23)27(5)25(21)32)20-9-7-17(2)8-10-20/h7-10H,6,11-16H2,1-5H3. The number of hydrogen-bond acceptors (Lipinski definition) is 4. The van der Waals surface area contributed by atoms with Crippen molar-refractivity contribution >= 4 is 16.9 Å². The van der Waals surface area contributed by atoms with Crippen molar-refractivity contribution in [3.63, 3.8) is 0 Å². The molecule has 1 fully saturated rings. The van der Waals surface area contributed by atoms with Crippen LogP contribution in [-0.4, -0.2) is 62.8 Å². The molecule has 170 valence electrons. The molecule has 3 aromatic rings. The van der Waals surface area contributed by atoms with E-state index in [1.54, 1.807) is 11.6 Å². The lowest BCUT2D eigenvalue weighted by Crippen LogP contribution is -2.48. The van der Waals surface area contributed by atoms with Crippen molar-refractivity contribution < 1.29 is 4.79 Å². The number of fused-ring (bicyclic) bond motifs is 1. The van der Waals surface area contributed by atoms with Gasteiger partial charge in [-0.3, -0.25) is 14.2 Å². The van der Waals surface area contributed by atoms with Crippen LogP contribution in [0.25, 0.3) is 16.7 Å². The molecule has 1 saturated heterocycles. The van der Waals surface area contributed by atoms with Crippen LogP contribution in [0.4, 0.5) is 0 Å². The number of nitrogens with zero attached hydrogens (tertiary/aromatic N) is 5. The summed E-state index contributed by atoms with van der Waals surface area (Å²) < 4.78 is 3.53. The Morgan fingerprint density at radius 3 is 2.31 bits per heavy atom. The van der Waals surface area contributed by atoms with Crippen LogP contribution in [-0.2, 0) is 18.3 Å². The molecule has 1 aromatic carbocycles. The Hall–Kier alpha value is -2.93. The third kappa shape index (κ3) is 3.97. The lowest BCUT2D eigenvalue weighted by molar-refractivity contribution is -0.132. The van der Waals surface area contributed by atoms with E-state index in [0.29, 0.717) is 18.4 Å². The molecule has 7 heteroatoms. The maximum absolute atomic E-state index is 13.3. The lowest BCUT2D eigenvalue weighted by Gasteiger charge is -2.34. The second-order valence-electron chi connectivity index (χ2n) is 8.81. The predicted octanol–water partition coefficient (Wildman–Crippen LogP) is 2.75. The minimum Gasteiger partial charge on any atom is -0.340 e. The van der Waals surface area contributed by atoms with Crippen LogP contribution in [0.3, 0.4) is 0 Å². The molecule has 7 nitrogen and oxygen atoms in total. The zero-order chi connectivity index (χ0) is 23.0. The van der Waals surface area contributed by atoms with E-state index in [1.165, 1.54) is 5.56 Å². The zero-order valence-electron chi connectivity index (χ0n) is 19.8. The number of piperazine rings is 1. The van der Waals surface area contributed by atoms with E-state index in [0.717, 1.165) is 60.7 Å². The molecular weight excluding hydrogens is 402 g/mol. The Kier molecular flexibility index (Phi) is 6.20. The Balaban J connectivity index is 1.64. The van der Waals surface area contributed by atoms with E-state index in [9.17, 15) is 9.59 Å². The average molecular weight is 436 g/mol. The Labute approximate surface area is 189 Å². The van der Waals surface area contributed by atoms with Crippen molar-refractivity contribution in [2.75, 3.05) is 32.7 Å². The van der Waals surface area contributed by atoms with E-state index >= 15 is 0 Å². The summed E-state index contributed by atoms with van der Waals surface area (Å²) in [7, 11) is 1.80. The highest BCUT2D eigenvalue weighted by molar-refractivity contribution is 5.85. The van der Waals surface area contributed by atoms with Gasteiger partial charge >= 0.3 is 0 Å². The van der Waals surface area contributed by atoms with E-state index in [2.05, 4.69) is 11.8 Å². The summed E-state index contributed by atoms with van der Waals surface area (Å²) in [5.74, 6) is 0.134. The fourth-order valence-electron chi connectivity index (χ4n) is 4.74. The number of hydrogen-bond donors (Lipinski definition) is 0. The third-order valence-electron chi connectivity index (χ3n) is 6.78. The minimum atomic E-state index is -0.0492. The largest absolute Gasteiger partial charge is 0.340 e. The van der Waals surface area contributed by atoms with Gasteiger partial charge in [-0.15, -0.1) is 0 Å². The first-order chi connectivity index (χ1) is 15.3. The SMILES string of the molecule is CCN1CCN(C(=O)CCc2c(C)c3c(C)nn(-c4ccc(C)cc4)c3n(C)c2=O)CC1. The normalized spacial score (nSPS) is 15.0. The third-order valence-corrected chi connectivity index (χ3v) is 6.78. The lowest BCUT2D eigenvalue weighted by atomic mass is 10.0. The number of carbonyl (C=O) groups excluding carboxylic acids is 1. The van der Waals surface area contributed by atoms with Crippen LogP contribution in [0.5, 0.6) is 0 Å². The van der Waals surface area contributed by atoms with Crippen molar-refractivity contribution in [1.82, 2.24) is 24.1 Å². The van der Waals surface area contributed by atoms with Gasteiger partial charge in [0.1, 0.15) is 5.65 Å². The van der Waals surface area contributed by atoms with Gasteiger partial charge in [-0.2, -0.15) is 5.10 Å². The summed E-state index contributed by atoms with van der Waals surface area (Å²) in [5, 5.41) is 5.75. The molecule has 0 unspecified atom stereocenters. The van der Waals surface area contributed by atoms with Crippen molar-refractivity contribution in [3.05, 3.63) is 57.0 Å². The molecular formula is C25H33N5O2. The molecule has 3 heterocycles. The van der Waals surface area contributed by atoms with Gasteiger partial charge in [0.05, 0.1) is 11.4 Å². The van der Waals surface area contributed by atoms with E-state index in [4.69, 9.17) is 5.10 Å². The van der Waals surface area contributed by atoms with Crippen LogP contribution in [0.1, 0.15) is 35.7 Å². The maximum atomic E-state index is 13.3. The van der Waals surface area contributed by atoms with Gasteiger partial charge in [-0.25, -0.2) is 4.68 Å². The molecule has 2 aromatic heterocycles. The van der Waals surface area contributed by atoms with Crippen LogP contribution in [0.2, 0.25) is 0 Å². The summed E-state index contributed by atoms with van der Waals surface area (Å²) in [6.45, 7) is 12.6. The zero-order valence-corrected chi connectivity index (χ0v) is 19.8. The molecule has 0 saturated carbocycles. The van der Waals surface area contributed by atoms with Gasteiger partial charge in [0, 0.05) is 50.6 Å². The van der Waals surface area contributed by atoms with Crippen LogP contribution in [0.15, 0.2) is 29.1 Å². The van der Waals surface area contributed by atoms with Crippen molar-refractivity contribution in [3.8, 4) is 5.69 Å². The number of likely N-dealkylation sites (N-methyl/N-ethyl adjacent to an activating group) is 1. The number of pyridine rings is 1. The molecule has 0 bridgehead atoms. The molecule has 0 aliphatic carbocycles. The monoisotopic (exact) mass is 435 g/mol. The number of rotatable bonds is 5. The average Bonchev–Trinajstić information content (AvgIpc) is 3.15. The molecule has 1 aliphatic rings. The number of carbonyl (C=O) groups is 1. The van der Waals surface area contributed by atoms with Crippen molar-refractivity contribution in [2.45, 2.75) is 40.5 Å². The minimum absolute atomic E-state index is 0.0492. The number of aromatic nitrogens is 3. The van der Waals surface area contributed by atoms with Crippen molar-refractivity contribution in [1.29, 1.82) is 0 Å². The fourth-order valence-corrected chi connectivity index (χ4v) is 4.74. The molecule has 0 spiro atoms. The van der Waals surface area contributed by atoms with Crippen LogP contribution < -0.4 is 5.56 Å². The highest BCUT2D eigenvalue weighted by atomic mass is 16.2. The van der Waals surface area contributed by atoms with Gasteiger partial charge < -0.3 is 9.80 Å². The summed E-state index contributed by atoms with van der Waals surface area (Å²) >= 11 is 0. The van der Waals surface area contributed by atoms with E-state index in [-0.39, 0.29) is 11.5 Å². The quantitative estimate of drug-likeness (QED) is 0.618.